The maximum atomic E-state index is 13.4. The molecule has 2 aliphatic heterocycles. The predicted octanol–water partition coefficient (Wildman–Crippen LogP) is 3.20. The summed E-state index contributed by atoms with van der Waals surface area (Å²) >= 11 is 0. The van der Waals surface area contributed by atoms with Gasteiger partial charge in [-0.25, -0.2) is 4.68 Å². The van der Waals surface area contributed by atoms with E-state index in [1.807, 2.05) is 29.8 Å². The summed E-state index contributed by atoms with van der Waals surface area (Å²) in [6, 6.07) is 10.2. The summed E-state index contributed by atoms with van der Waals surface area (Å²) in [5, 5.41) is 15.1. The first-order valence-corrected chi connectivity index (χ1v) is 12.6. The van der Waals surface area contributed by atoms with Crippen LogP contribution in [0.4, 0.5) is 5.82 Å². The third kappa shape index (κ3) is 4.27. The van der Waals surface area contributed by atoms with Crippen LogP contribution in [-0.4, -0.2) is 81.5 Å². The van der Waals surface area contributed by atoms with E-state index in [0.29, 0.717) is 12.5 Å². The smallest absolute Gasteiger partial charge is 0.227 e. The first kappa shape index (κ1) is 22.8. The van der Waals surface area contributed by atoms with Gasteiger partial charge in [0.05, 0.1) is 28.4 Å². The average Bonchev–Trinajstić information content (AvgIpc) is 3.23. The van der Waals surface area contributed by atoms with Gasteiger partial charge >= 0.3 is 0 Å². The summed E-state index contributed by atoms with van der Waals surface area (Å²) in [7, 11) is 0. The molecule has 2 aromatic heterocycles. The molecule has 0 saturated carbocycles. The number of benzene rings is 1. The van der Waals surface area contributed by atoms with Crippen molar-refractivity contribution >= 4 is 22.6 Å². The predicted molar refractivity (Wildman–Crippen MR) is 134 cm³/mol. The lowest BCUT2D eigenvalue weighted by Gasteiger charge is -2.39. The van der Waals surface area contributed by atoms with Crippen LogP contribution in [0.15, 0.2) is 30.3 Å². The van der Waals surface area contributed by atoms with E-state index in [2.05, 4.69) is 50.9 Å². The number of carbonyl (C=O) groups excluding carboxylic acids is 1. The number of piperazine rings is 1. The van der Waals surface area contributed by atoms with Crippen LogP contribution in [0, 0.1) is 19.8 Å². The molecule has 0 bridgehead atoms. The Balaban J connectivity index is 1.39. The monoisotopic (exact) mass is 461 g/mol. The van der Waals surface area contributed by atoms with Gasteiger partial charge < -0.3 is 9.80 Å². The zero-order valence-electron chi connectivity index (χ0n) is 20.6. The maximum Gasteiger partial charge on any atom is 0.227 e. The van der Waals surface area contributed by atoms with Gasteiger partial charge in [0.15, 0.2) is 5.82 Å². The fourth-order valence-corrected chi connectivity index (χ4v) is 5.48. The highest BCUT2D eigenvalue weighted by molar-refractivity contribution is 5.92. The molecule has 0 spiro atoms. The standard InChI is InChI=1S/C26H35N7O/c1-4-12-30-14-16-31(17-15-30)26(34)21-9-8-13-32(18-21)25-24-23(19(2)27-28-25)20(3)33(29-24)22-10-6-5-7-11-22/h5-7,10-11,21H,4,8-9,12-18H2,1-3H3/t21-/m1/s1. The lowest BCUT2D eigenvalue weighted by Crippen LogP contribution is -2.52. The van der Waals surface area contributed by atoms with Crippen molar-refractivity contribution in [1.29, 1.82) is 0 Å². The Labute approximate surface area is 201 Å². The van der Waals surface area contributed by atoms with Gasteiger partial charge in [-0.3, -0.25) is 9.69 Å². The molecule has 0 unspecified atom stereocenters. The van der Waals surface area contributed by atoms with Crippen LogP contribution in [-0.2, 0) is 4.79 Å². The summed E-state index contributed by atoms with van der Waals surface area (Å²) in [6.07, 6.45) is 3.07. The number of carbonyl (C=O) groups is 1. The van der Waals surface area contributed by atoms with Gasteiger partial charge in [0, 0.05) is 39.3 Å². The molecule has 5 rings (SSSR count). The summed E-state index contributed by atoms with van der Waals surface area (Å²) in [6.45, 7) is 12.6. The van der Waals surface area contributed by atoms with E-state index in [9.17, 15) is 4.79 Å². The molecule has 0 aliphatic carbocycles. The summed E-state index contributed by atoms with van der Waals surface area (Å²) in [5.74, 6) is 1.09. The van der Waals surface area contributed by atoms with Crippen LogP contribution in [0.5, 0.6) is 0 Å². The third-order valence-electron chi connectivity index (χ3n) is 7.28. The number of rotatable bonds is 5. The van der Waals surface area contributed by atoms with E-state index in [4.69, 9.17) is 5.10 Å². The number of nitrogens with zero attached hydrogens (tertiary/aromatic N) is 7. The largest absolute Gasteiger partial charge is 0.352 e. The highest BCUT2D eigenvalue weighted by Crippen LogP contribution is 2.32. The third-order valence-corrected chi connectivity index (χ3v) is 7.28. The highest BCUT2D eigenvalue weighted by atomic mass is 16.2. The fraction of sp³-hybridized carbons (Fsp3) is 0.538. The van der Waals surface area contributed by atoms with E-state index in [-0.39, 0.29) is 5.92 Å². The molecule has 8 heteroatoms. The first-order chi connectivity index (χ1) is 16.6. The van der Waals surface area contributed by atoms with Gasteiger partial charge in [0.2, 0.25) is 5.91 Å². The molecular weight excluding hydrogens is 426 g/mol. The lowest BCUT2D eigenvalue weighted by molar-refractivity contribution is -0.137. The van der Waals surface area contributed by atoms with Gasteiger partial charge in [0.25, 0.3) is 0 Å². The van der Waals surface area contributed by atoms with Crippen molar-refractivity contribution in [3.63, 3.8) is 0 Å². The van der Waals surface area contributed by atoms with E-state index >= 15 is 0 Å². The van der Waals surface area contributed by atoms with Crippen LogP contribution in [0.2, 0.25) is 0 Å². The highest BCUT2D eigenvalue weighted by Gasteiger charge is 2.33. The van der Waals surface area contributed by atoms with Gasteiger partial charge in [-0.2, -0.15) is 10.2 Å². The second-order valence-corrected chi connectivity index (χ2v) is 9.62. The zero-order chi connectivity index (χ0) is 23.7. The summed E-state index contributed by atoms with van der Waals surface area (Å²) in [4.78, 5) is 20.1. The average molecular weight is 462 g/mol. The van der Waals surface area contributed by atoms with Crippen molar-refractivity contribution in [1.82, 2.24) is 29.8 Å². The van der Waals surface area contributed by atoms with Crippen LogP contribution in [0.3, 0.4) is 0 Å². The van der Waals surface area contributed by atoms with Crippen molar-refractivity contribution < 1.29 is 4.79 Å². The second kappa shape index (κ2) is 9.70. The molecule has 34 heavy (non-hydrogen) atoms. The number of para-hydroxylation sites is 1. The minimum absolute atomic E-state index is 0.00179. The van der Waals surface area contributed by atoms with Crippen molar-refractivity contribution in [3.05, 3.63) is 41.7 Å². The molecule has 2 fully saturated rings. The minimum Gasteiger partial charge on any atom is -0.352 e. The van der Waals surface area contributed by atoms with E-state index in [0.717, 1.165) is 92.3 Å². The Morgan fingerprint density at radius 3 is 2.53 bits per heavy atom. The van der Waals surface area contributed by atoms with Crippen molar-refractivity contribution in [2.45, 2.75) is 40.0 Å². The molecule has 3 aromatic rings. The molecule has 8 nitrogen and oxygen atoms in total. The Bertz CT molecular complexity index is 1150. The molecule has 2 saturated heterocycles. The van der Waals surface area contributed by atoms with Crippen LogP contribution in [0.1, 0.15) is 37.6 Å². The number of anilines is 1. The normalized spacial score (nSPS) is 19.7. The zero-order valence-corrected chi connectivity index (χ0v) is 20.6. The topological polar surface area (TPSA) is 70.4 Å². The molecule has 1 atom stereocenters. The van der Waals surface area contributed by atoms with Crippen molar-refractivity contribution in [2.24, 2.45) is 5.92 Å². The number of piperidine rings is 1. The van der Waals surface area contributed by atoms with E-state index in [1.54, 1.807) is 0 Å². The number of aromatic nitrogens is 4. The molecule has 1 aromatic carbocycles. The number of hydrogen-bond acceptors (Lipinski definition) is 6. The Kier molecular flexibility index (Phi) is 6.50. The lowest BCUT2D eigenvalue weighted by atomic mass is 9.96. The van der Waals surface area contributed by atoms with E-state index in [1.165, 1.54) is 0 Å². The minimum atomic E-state index is 0.00179. The Hall–Kier alpha value is -3.00. The van der Waals surface area contributed by atoms with Crippen molar-refractivity contribution in [3.8, 4) is 5.69 Å². The fourth-order valence-electron chi connectivity index (χ4n) is 5.48. The summed E-state index contributed by atoms with van der Waals surface area (Å²) < 4.78 is 1.98. The number of hydrogen-bond donors (Lipinski definition) is 0. The SMILES string of the molecule is CCCN1CCN(C(=O)[C@@H]2CCCN(c3nnc(C)c4c(C)n(-c5ccccc5)nc34)C2)CC1. The Morgan fingerprint density at radius 1 is 1.03 bits per heavy atom. The molecule has 1 amide bonds. The van der Waals surface area contributed by atoms with Crippen molar-refractivity contribution in [2.75, 3.05) is 50.7 Å². The van der Waals surface area contributed by atoms with E-state index < -0.39 is 0 Å². The maximum absolute atomic E-state index is 13.4. The molecular formula is C26H35N7O. The van der Waals surface area contributed by atoms with Crippen LogP contribution < -0.4 is 4.90 Å². The summed E-state index contributed by atoms with van der Waals surface area (Å²) in [5.41, 5.74) is 3.84. The molecule has 2 aliphatic rings. The van der Waals surface area contributed by atoms with Gasteiger partial charge in [-0.15, -0.1) is 5.10 Å². The molecule has 180 valence electrons. The Morgan fingerprint density at radius 2 is 1.79 bits per heavy atom. The number of aryl methyl sites for hydroxylation is 2. The van der Waals surface area contributed by atoms with Crippen LogP contribution in [0.25, 0.3) is 16.6 Å². The quantitative estimate of drug-likeness (QED) is 0.581. The molecule has 0 N–H and O–H groups in total. The van der Waals surface area contributed by atoms with Gasteiger partial charge in [-0.1, -0.05) is 25.1 Å². The molecule has 0 radical (unpaired) electrons. The first-order valence-electron chi connectivity index (χ1n) is 12.6. The number of fused-ring (bicyclic) bond motifs is 1. The second-order valence-electron chi connectivity index (χ2n) is 9.62. The van der Waals surface area contributed by atoms with Gasteiger partial charge in [-0.05, 0) is 51.8 Å². The van der Waals surface area contributed by atoms with Crippen LogP contribution >= 0.6 is 0 Å². The molecule has 4 heterocycles. The van der Waals surface area contributed by atoms with Gasteiger partial charge in [0.1, 0.15) is 5.52 Å². The number of amides is 1.